The lowest BCUT2D eigenvalue weighted by molar-refractivity contribution is 0.102. The Balaban J connectivity index is 1.73. The van der Waals surface area contributed by atoms with Crippen LogP contribution < -0.4 is 10.1 Å². The first-order chi connectivity index (χ1) is 14.2. The maximum Gasteiger partial charge on any atom is 0.257 e. The summed E-state index contributed by atoms with van der Waals surface area (Å²) in [6, 6.07) is 13.6. The number of rotatable bonds is 6. The minimum absolute atomic E-state index is 0.268. The average Bonchev–Trinajstić information content (AvgIpc) is 3.43. The van der Waals surface area contributed by atoms with Gasteiger partial charge in [0.05, 0.1) is 18.9 Å². The Morgan fingerprint density at radius 3 is 2.59 bits per heavy atom. The molecule has 0 aliphatic carbocycles. The fourth-order valence-corrected chi connectivity index (χ4v) is 3.65. The van der Waals surface area contributed by atoms with Gasteiger partial charge in [-0.2, -0.15) is 0 Å². The van der Waals surface area contributed by atoms with Gasteiger partial charge in [-0.05, 0) is 36.4 Å². The number of methoxy groups -OCH3 is 1. The lowest BCUT2D eigenvalue weighted by Gasteiger charge is -2.06. The van der Waals surface area contributed by atoms with E-state index in [4.69, 9.17) is 9.15 Å². The Bertz CT molecular complexity index is 1150. The van der Waals surface area contributed by atoms with E-state index in [1.54, 1.807) is 48.5 Å². The number of nitrogens with one attached hydrogen (secondary N) is 1. The molecule has 0 unspecified atom stereocenters. The zero-order chi connectivity index (χ0) is 20.2. The fourth-order valence-electron chi connectivity index (χ4n) is 2.73. The molecule has 0 spiro atoms. The Labute approximate surface area is 170 Å². The van der Waals surface area contributed by atoms with E-state index >= 15 is 0 Å². The molecule has 4 aromatic rings. The lowest BCUT2D eigenvalue weighted by atomic mass is 10.1. The second-order valence-corrected chi connectivity index (χ2v) is 6.89. The van der Waals surface area contributed by atoms with Gasteiger partial charge in [-0.15, -0.1) is 0 Å². The molecule has 0 saturated carbocycles. The molecule has 4 rings (SSSR count). The number of hydrogen-bond donors (Lipinski definition) is 1. The molecule has 0 bridgehead atoms. The number of hydrogen-bond acceptors (Lipinski definition) is 7. The largest absolute Gasteiger partial charge is 0.496 e. The molecule has 1 N–H and O–H groups in total. The van der Waals surface area contributed by atoms with Crippen molar-refractivity contribution >= 4 is 28.2 Å². The Morgan fingerprint density at radius 1 is 1.07 bits per heavy atom. The third-order valence-electron chi connectivity index (χ3n) is 4.10. The van der Waals surface area contributed by atoms with Crippen molar-refractivity contribution in [2.24, 2.45) is 0 Å². The molecule has 0 aliphatic heterocycles. The van der Waals surface area contributed by atoms with Crippen LogP contribution in [0.5, 0.6) is 5.75 Å². The van der Waals surface area contributed by atoms with E-state index in [2.05, 4.69) is 15.3 Å². The number of thiazole rings is 1. The molecule has 3 heterocycles. The molecule has 3 aromatic heterocycles. The van der Waals surface area contributed by atoms with E-state index in [0.717, 1.165) is 11.3 Å². The van der Waals surface area contributed by atoms with Gasteiger partial charge in [0, 0.05) is 18.0 Å². The van der Waals surface area contributed by atoms with Gasteiger partial charge >= 0.3 is 0 Å². The highest BCUT2D eigenvalue weighted by Crippen LogP contribution is 2.35. The number of anilines is 1. The van der Waals surface area contributed by atoms with Crippen molar-refractivity contribution in [2.75, 3.05) is 12.4 Å². The number of furan rings is 1. The standard InChI is InChI=1S/C21H15N3O4S/c1-27-15-6-3-2-5-14(15)18(25)19-17(16-7-4-12-28-16)23-21(29-19)24-20(26)13-8-10-22-11-9-13/h2-12H,1H3,(H,23,24,26). The summed E-state index contributed by atoms with van der Waals surface area (Å²) in [6.07, 6.45) is 4.56. The topological polar surface area (TPSA) is 94.3 Å². The fraction of sp³-hybridized carbons (Fsp3) is 0.0476. The molecule has 144 valence electrons. The first kappa shape index (κ1) is 18.6. The van der Waals surface area contributed by atoms with E-state index in [-0.39, 0.29) is 16.8 Å². The molecule has 29 heavy (non-hydrogen) atoms. The molecule has 0 atom stereocenters. The number of amides is 1. The predicted molar refractivity (Wildman–Crippen MR) is 108 cm³/mol. The minimum Gasteiger partial charge on any atom is -0.496 e. The van der Waals surface area contributed by atoms with Crippen LogP contribution in [-0.4, -0.2) is 28.8 Å². The molecule has 1 amide bonds. The van der Waals surface area contributed by atoms with Crippen LogP contribution in [0.4, 0.5) is 5.13 Å². The molecular formula is C21H15N3O4S. The molecular weight excluding hydrogens is 390 g/mol. The summed E-state index contributed by atoms with van der Waals surface area (Å²) in [5, 5.41) is 3.02. The van der Waals surface area contributed by atoms with Crippen molar-refractivity contribution in [3.8, 4) is 17.2 Å². The number of carbonyl (C=O) groups is 2. The Morgan fingerprint density at radius 2 is 1.86 bits per heavy atom. The zero-order valence-corrected chi connectivity index (χ0v) is 16.1. The summed E-state index contributed by atoms with van der Waals surface area (Å²) in [7, 11) is 1.51. The molecule has 0 radical (unpaired) electrons. The summed E-state index contributed by atoms with van der Waals surface area (Å²) >= 11 is 1.08. The first-order valence-corrected chi connectivity index (χ1v) is 9.43. The number of para-hydroxylation sites is 1. The summed E-state index contributed by atoms with van der Waals surface area (Å²) in [6.45, 7) is 0. The van der Waals surface area contributed by atoms with Crippen molar-refractivity contribution in [1.82, 2.24) is 9.97 Å². The number of benzene rings is 1. The Kier molecular flexibility index (Phi) is 5.17. The maximum atomic E-state index is 13.2. The van der Waals surface area contributed by atoms with Crippen molar-refractivity contribution in [3.05, 3.63) is 83.2 Å². The lowest BCUT2D eigenvalue weighted by Crippen LogP contribution is -2.11. The third kappa shape index (κ3) is 3.78. The second kappa shape index (κ2) is 8.07. The van der Waals surface area contributed by atoms with Gasteiger partial charge in [-0.1, -0.05) is 23.5 Å². The molecule has 8 heteroatoms. The molecule has 0 aliphatic rings. The van der Waals surface area contributed by atoms with Crippen molar-refractivity contribution < 1.29 is 18.7 Å². The second-order valence-electron chi connectivity index (χ2n) is 5.89. The van der Waals surface area contributed by atoms with E-state index in [1.165, 1.54) is 25.8 Å². The average molecular weight is 405 g/mol. The summed E-state index contributed by atoms with van der Waals surface area (Å²) < 4.78 is 10.8. The smallest absolute Gasteiger partial charge is 0.257 e. The van der Waals surface area contributed by atoms with E-state index in [0.29, 0.717) is 33.2 Å². The van der Waals surface area contributed by atoms with Gasteiger partial charge in [0.1, 0.15) is 16.3 Å². The third-order valence-corrected chi connectivity index (χ3v) is 5.07. The van der Waals surface area contributed by atoms with Crippen LogP contribution in [0.2, 0.25) is 0 Å². The van der Waals surface area contributed by atoms with Crippen LogP contribution in [0.15, 0.2) is 71.6 Å². The summed E-state index contributed by atoms with van der Waals surface area (Å²) in [5.41, 5.74) is 1.20. The van der Waals surface area contributed by atoms with Crippen LogP contribution in [0.3, 0.4) is 0 Å². The van der Waals surface area contributed by atoms with Gasteiger partial charge in [0.2, 0.25) is 5.78 Å². The number of aromatic nitrogens is 2. The molecule has 0 fully saturated rings. The van der Waals surface area contributed by atoms with Gasteiger partial charge < -0.3 is 9.15 Å². The van der Waals surface area contributed by atoms with Crippen LogP contribution in [-0.2, 0) is 0 Å². The first-order valence-electron chi connectivity index (χ1n) is 8.61. The monoisotopic (exact) mass is 405 g/mol. The predicted octanol–water partition coefficient (Wildman–Crippen LogP) is 4.29. The molecule has 1 aromatic carbocycles. The SMILES string of the molecule is COc1ccccc1C(=O)c1sc(NC(=O)c2ccncc2)nc1-c1ccco1. The van der Waals surface area contributed by atoms with E-state index < -0.39 is 0 Å². The normalized spacial score (nSPS) is 10.5. The van der Waals surface area contributed by atoms with Crippen molar-refractivity contribution in [2.45, 2.75) is 0 Å². The quantitative estimate of drug-likeness (QED) is 0.481. The van der Waals surface area contributed by atoms with E-state index in [9.17, 15) is 9.59 Å². The van der Waals surface area contributed by atoms with Gasteiger partial charge in [-0.3, -0.25) is 19.9 Å². The Hall–Kier alpha value is -3.78. The minimum atomic E-state index is -0.344. The zero-order valence-electron chi connectivity index (χ0n) is 15.3. The summed E-state index contributed by atoms with van der Waals surface area (Å²) in [5.74, 6) is 0.279. The van der Waals surface area contributed by atoms with E-state index in [1.807, 2.05) is 0 Å². The maximum absolute atomic E-state index is 13.2. The number of carbonyl (C=O) groups excluding carboxylic acids is 2. The number of nitrogens with zero attached hydrogens (tertiary/aromatic N) is 2. The molecule has 0 saturated heterocycles. The van der Waals surface area contributed by atoms with Crippen LogP contribution in [0.1, 0.15) is 25.6 Å². The highest BCUT2D eigenvalue weighted by molar-refractivity contribution is 7.18. The summed E-state index contributed by atoms with van der Waals surface area (Å²) in [4.78, 5) is 34.4. The van der Waals surface area contributed by atoms with Gasteiger partial charge in [0.25, 0.3) is 5.91 Å². The van der Waals surface area contributed by atoms with Crippen LogP contribution in [0.25, 0.3) is 11.5 Å². The van der Waals surface area contributed by atoms with Crippen molar-refractivity contribution in [1.29, 1.82) is 0 Å². The number of ether oxygens (including phenoxy) is 1. The number of pyridine rings is 1. The highest BCUT2D eigenvalue weighted by Gasteiger charge is 2.25. The van der Waals surface area contributed by atoms with Crippen LogP contribution >= 0.6 is 11.3 Å². The van der Waals surface area contributed by atoms with Gasteiger partial charge in [0.15, 0.2) is 10.9 Å². The van der Waals surface area contributed by atoms with Gasteiger partial charge in [-0.25, -0.2) is 4.98 Å². The highest BCUT2D eigenvalue weighted by atomic mass is 32.1. The number of ketones is 1. The molecule has 7 nitrogen and oxygen atoms in total. The van der Waals surface area contributed by atoms with Crippen molar-refractivity contribution in [3.63, 3.8) is 0 Å². The van der Waals surface area contributed by atoms with Crippen LogP contribution in [0, 0.1) is 0 Å².